The van der Waals surface area contributed by atoms with Gasteiger partial charge in [-0.15, -0.1) is 0 Å². The van der Waals surface area contributed by atoms with E-state index >= 15 is 0 Å². The average Bonchev–Trinajstić information content (AvgIpc) is 2.67. The summed E-state index contributed by atoms with van der Waals surface area (Å²) >= 11 is 0. The minimum atomic E-state index is -0.340. The van der Waals surface area contributed by atoms with Crippen LogP contribution in [0.1, 0.15) is 24.8 Å². The molecule has 6 nitrogen and oxygen atoms in total. The summed E-state index contributed by atoms with van der Waals surface area (Å²) < 4.78 is 0. The average molecular weight is 338 g/mol. The van der Waals surface area contributed by atoms with Gasteiger partial charge in [0.2, 0.25) is 0 Å². The molecule has 1 fully saturated rings. The van der Waals surface area contributed by atoms with Crippen molar-refractivity contribution in [2.45, 2.75) is 19.3 Å². The molecule has 3 rings (SSSR count). The van der Waals surface area contributed by atoms with Crippen LogP contribution in [-0.2, 0) is 0 Å². The Morgan fingerprint density at radius 3 is 2.52 bits per heavy atom. The molecule has 2 aromatic rings. The van der Waals surface area contributed by atoms with Crippen LogP contribution in [0.15, 0.2) is 53.6 Å². The van der Waals surface area contributed by atoms with E-state index in [4.69, 9.17) is 0 Å². The molecule has 0 radical (unpaired) electrons. The lowest BCUT2D eigenvalue weighted by atomic mass is 10.1. The molecule has 0 amide bonds. The third-order valence-corrected chi connectivity index (χ3v) is 4.40. The van der Waals surface area contributed by atoms with E-state index in [0.717, 1.165) is 37.2 Å². The second kappa shape index (κ2) is 7.79. The third-order valence-electron chi connectivity index (χ3n) is 4.40. The summed E-state index contributed by atoms with van der Waals surface area (Å²) in [5, 5.41) is 18.0. The Balaban J connectivity index is 1.85. The lowest BCUT2D eigenvalue weighted by molar-refractivity contribution is -0.384. The second-order valence-corrected chi connectivity index (χ2v) is 6.16. The molecule has 1 heterocycles. The van der Waals surface area contributed by atoms with Gasteiger partial charge >= 0.3 is 0 Å². The van der Waals surface area contributed by atoms with Crippen molar-refractivity contribution < 1.29 is 4.92 Å². The molecule has 130 valence electrons. The zero-order valence-electron chi connectivity index (χ0n) is 14.3. The molecule has 0 aliphatic carbocycles. The molecule has 25 heavy (non-hydrogen) atoms. The molecule has 0 saturated carbocycles. The van der Waals surface area contributed by atoms with E-state index in [-0.39, 0.29) is 10.6 Å². The molecule has 0 bridgehead atoms. The van der Waals surface area contributed by atoms with E-state index in [1.165, 1.54) is 6.42 Å². The van der Waals surface area contributed by atoms with Crippen molar-refractivity contribution in [3.63, 3.8) is 0 Å². The number of para-hydroxylation sites is 1. The van der Waals surface area contributed by atoms with Gasteiger partial charge < -0.3 is 4.90 Å². The molecule has 1 saturated heterocycles. The Morgan fingerprint density at radius 2 is 1.84 bits per heavy atom. The van der Waals surface area contributed by atoms with Crippen LogP contribution in [0.3, 0.4) is 0 Å². The first-order valence-electron chi connectivity index (χ1n) is 8.51. The van der Waals surface area contributed by atoms with E-state index in [0.29, 0.717) is 5.69 Å². The molecule has 0 aromatic heterocycles. The fourth-order valence-corrected chi connectivity index (χ4v) is 2.98. The van der Waals surface area contributed by atoms with Crippen molar-refractivity contribution in [1.82, 2.24) is 5.01 Å². The highest BCUT2D eigenvalue weighted by Crippen LogP contribution is 2.32. The fourth-order valence-electron chi connectivity index (χ4n) is 2.98. The molecule has 1 aliphatic heterocycles. The monoisotopic (exact) mass is 338 g/mol. The molecule has 0 spiro atoms. The van der Waals surface area contributed by atoms with Gasteiger partial charge in [0, 0.05) is 37.5 Å². The van der Waals surface area contributed by atoms with Crippen LogP contribution in [0.5, 0.6) is 0 Å². The standard InChI is InChI=1S/C19H22N4O2/c1-21(17-8-4-2-5-9-17)18-11-10-16(14-19(18)23(24)25)15-20-22-12-6-3-7-13-22/h2,4-5,8-11,14-15H,3,6-7,12-13H2,1H3/b20-15-. The molecular weight excluding hydrogens is 316 g/mol. The van der Waals surface area contributed by atoms with Crippen molar-refractivity contribution in [2.24, 2.45) is 5.10 Å². The summed E-state index contributed by atoms with van der Waals surface area (Å²) in [6, 6.07) is 14.8. The first-order valence-corrected chi connectivity index (χ1v) is 8.51. The first-order chi connectivity index (χ1) is 12.1. The summed E-state index contributed by atoms with van der Waals surface area (Å²) in [6.07, 6.45) is 5.26. The SMILES string of the molecule is CN(c1ccccc1)c1ccc(/C=N\N2CCCCC2)cc1[N+](=O)[O-]. The van der Waals surface area contributed by atoms with Gasteiger partial charge in [-0.25, -0.2) is 0 Å². The summed E-state index contributed by atoms with van der Waals surface area (Å²) in [7, 11) is 1.83. The van der Waals surface area contributed by atoms with Gasteiger partial charge in [0.05, 0.1) is 11.1 Å². The van der Waals surface area contributed by atoms with Gasteiger partial charge in [-0.05, 0) is 37.5 Å². The number of piperidine rings is 1. The fraction of sp³-hybridized carbons (Fsp3) is 0.316. The lowest BCUT2D eigenvalue weighted by Crippen LogP contribution is -2.24. The van der Waals surface area contributed by atoms with Crippen LogP contribution in [0.4, 0.5) is 17.1 Å². The molecule has 2 aromatic carbocycles. The molecule has 0 atom stereocenters. The number of hydrogen-bond acceptors (Lipinski definition) is 5. The topological polar surface area (TPSA) is 62.0 Å². The minimum Gasteiger partial charge on any atom is -0.339 e. The van der Waals surface area contributed by atoms with Crippen molar-refractivity contribution in [3.8, 4) is 0 Å². The molecule has 0 N–H and O–H groups in total. The van der Waals surface area contributed by atoms with Crippen LogP contribution < -0.4 is 4.90 Å². The third kappa shape index (κ3) is 4.15. The maximum atomic E-state index is 11.5. The maximum absolute atomic E-state index is 11.5. The minimum absolute atomic E-state index is 0.0777. The Kier molecular flexibility index (Phi) is 5.28. The number of nitro benzene ring substituents is 1. The van der Waals surface area contributed by atoms with Crippen LogP contribution in [0.25, 0.3) is 0 Å². The number of rotatable bonds is 5. The zero-order valence-corrected chi connectivity index (χ0v) is 14.3. The van der Waals surface area contributed by atoms with Gasteiger partial charge in [-0.1, -0.05) is 24.3 Å². The predicted molar refractivity (Wildman–Crippen MR) is 101 cm³/mol. The Labute approximate surface area is 147 Å². The highest BCUT2D eigenvalue weighted by molar-refractivity contribution is 5.84. The van der Waals surface area contributed by atoms with Gasteiger partial charge in [-0.2, -0.15) is 5.10 Å². The Bertz CT molecular complexity index is 755. The Morgan fingerprint density at radius 1 is 1.12 bits per heavy atom. The lowest BCUT2D eigenvalue weighted by Gasteiger charge is -2.23. The summed E-state index contributed by atoms with van der Waals surface area (Å²) in [6.45, 7) is 1.90. The number of hydrazone groups is 1. The van der Waals surface area contributed by atoms with Crippen molar-refractivity contribution in [2.75, 3.05) is 25.0 Å². The van der Waals surface area contributed by atoms with Crippen LogP contribution in [-0.4, -0.2) is 36.3 Å². The predicted octanol–water partition coefficient (Wildman–Crippen LogP) is 4.18. The van der Waals surface area contributed by atoms with E-state index in [9.17, 15) is 10.1 Å². The van der Waals surface area contributed by atoms with Gasteiger partial charge in [0.25, 0.3) is 5.69 Å². The van der Waals surface area contributed by atoms with E-state index in [1.807, 2.05) is 53.4 Å². The second-order valence-electron chi connectivity index (χ2n) is 6.16. The number of hydrogen-bond donors (Lipinski definition) is 0. The van der Waals surface area contributed by atoms with E-state index < -0.39 is 0 Å². The van der Waals surface area contributed by atoms with Crippen molar-refractivity contribution in [3.05, 3.63) is 64.2 Å². The largest absolute Gasteiger partial charge is 0.339 e. The Hall–Kier alpha value is -2.89. The van der Waals surface area contributed by atoms with Gasteiger partial charge in [0.1, 0.15) is 5.69 Å². The normalized spacial score (nSPS) is 14.7. The van der Waals surface area contributed by atoms with E-state index in [1.54, 1.807) is 18.3 Å². The summed E-state index contributed by atoms with van der Waals surface area (Å²) in [4.78, 5) is 13.0. The van der Waals surface area contributed by atoms with E-state index in [2.05, 4.69) is 5.10 Å². The van der Waals surface area contributed by atoms with Crippen LogP contribution in [0, 0.1) is 10.1 Å². The molecule has 1 aliphatic rings. The summed E-state index contributed by atoms with van der Waals surface area (Å²) in [5.74, 6) is 0. The highest BCUT2D eigenvalue weighted by Gasteiger charge is 2.18. The zero-order chi connectivity index (χ0) is 17.6. The molecular formula is C19H22N4O2. The quantitative estimate of drug-likeness (QED) is 0.466. The van der Waals surface area contributed by atoms with Gasteiger partial charge in [-0.3, -0.25) is 15.1 Å². The highest BCUT2D eigenvalue weighted by atomic mass is 16.6. The van der Waals surface area contributed by atoms with Crippen molar-refractivity contribution in [1.29, 1.82) is 0 Å². The number of nitrogens with zero attached hydrogens (tertiary/aromatic N) is 4. The smallest absolute Gasteiger partial charge is 0.293 e. The number of benzene rings is 2. The van der Waals surface area contributed by atoms with Crippen molar-refractivity contribution >= 4 is 23.3 Å². The molecule has 0 unspecified atom stereocenters. The summed E-state index contributed by atoms with van der Waals surface area (Å²) in [5.41, 5.74) is 2.28. The maximum Gasteiger partial charge on any atom is 0.293 e. The van der Waals surface area contributed by atoms with Crippen LogP contribution in [0.2, 0.25) is 0 Å². The van der Waals surface area contributed by atoms with Gasteiger partial charge in [0.15, 0.2) is 0 Å². The first kappa shape index (κ1) is 17.0. The van der Waals surface area contributed by atoms with Crippen LogP contribution >= 0.6 is 0 Å². The number of anilines is 2. The number of nitro groups is 1. The molecule has 6 heteroatoms.